The van der Waals surface area contributed by atoms with Gasteiger partial charge < -0.3 is 15.0 Å². The molecule has 1 aliphatic rings. The third-order valence-electron chi connectivity index (χ3n) is 6.12. The van der Waals surface area contributed by atoms with Crippen molar-refractivity contribution in [3.63, 3.8) is 0 Å². The number of hydrogen-bond donors (Lipinski definition) is 1. The first kappa shape index (κ1) is 25.1. The van der Waals surface area contributed by atoms with Gasteiger partial charge in [-0.25, -0.2) is 8.42 Å². The Labute approximate surface area is 197 Å². The highest BCUT2D eigenvalue weighted by molar-refractivity contribution is 7.92. The molecule has 0 saturated carbocycles. The summed E-state index contributed by atoms with van der Waals surface area (Å²) in [6.07, 6.45) is 4.11. The monoisotopic (exact) mass is 473 g/mol. The fraction of sp³-hybridized carbons (Fsp3) is 0.480. The van der Waals surface area contributed by atoms with Gasteiger partial charge in [-0.05, 0) is 81.6 Å². The van der Waals surface area contributed by atoms with E-state index in [4.69, 9.17) is 4.74 Å². The van der Waals surface area contributed by atoms with Gasteiger partial charge in [-0.15, -0.1) is 0 Å². The van der Waals surface area contributed by atoms with E-state index in [-0.39, 0.29) is 25.0 Å². The zero-order chi connectivity index (χ0) is 24.0. The fourth-order valence-corrected chi connectivity index (χ4v) is 5.01. The number of anilines is 2. The molecule has 3 rings (SSSR count). The van der Waals surface area contributed by atoms with Gasteiger partial charge in [0.15, 0.2) is 0 Å². The van der Waals surface area contributed by atoms with Crippen LogP contribution in [-0.4, -0.2) is 58.3 Å². The first-order valence-corrected chi connectivity index (χ1v) is 13.3. The van der Waals surface area contributed by atoms with Crippen LogP contribution in [-0.2, 0) is 14.8 Å². The van der Waals surface area contributed by atoms with Gasteiger partial charge in [0.1, 0.15) is 11.9 Å². The number of carbonyl (C=O) groups is 1. The molecule has 180 valence electrons. The van der Waals surface area contributed by atoms with Crippen molar-refractivity contribution < 1.29 is 17.9 Å². The number of amides is 1. The summed E-state index contributed by atoms with van der Waals surface area (Å²) in [5.74, 6) is 0.660. The maximum Gasteiger partial charge on any atom is 0.232 e. The minimum atomic E-state index is -3.45. The maximum absolute atomic E-state index is 12.4. The molecule has 1 amide bonds. The molecule has 1 N–H and O–H groups in total. The van der Waals surface area contributed by atoms with E-state index in [1.54, 1.807) is 6.07 Å². The van der Waals surface area contributed by atoms with E-state index in [9.17, 15) is 13.2 Å². The number of piperidine rings is 1. The molecule has 7 nitrogen and oxygen atoms in total. The largest absolute Gasteiger partial charge is 0.490 e. The van der Waals surface area contributed by atoms with Crippen LogP contribution in [0.25, 0.3) is 0 Å². The summed E-state index contributed by atoms with van der Waals surface area (Å²) in [4.78, 5) is 14.7. The number of hydrogen-bond acceptors (Lipinski definition) is 5. The lowest BCUT2D eigenvalue weighted by Crippen LogP contribution is -2.35. The average molecular weight is 474 g/mol. The predicted molar refractivity (Wildman–Crippen MR) is 134 cm³/mol. The highest BCUT2D eigenvalue weighted by Crippen LogP contribution is 2.25. The molecule has 1 aliphatic heterocycles. The smallest absolute Gasteiger partial charge is 0.232 e. The van der Waals surface area contributed by atoms with Crippen molar-refractivity contribution in [2.75, 3.05) is 42.6 Å². The molecule has 2 aromatic carbocycles. The number of likely N-dealkylation sites (tertiary alicyclic amines) is 1. The molecule has 0 spiro atoms. The summed E-state index contributed by atoms with van der Waals surface area (Å²) < 4.78 is 32.2. The maximum atomic E-state index is 12.4. The van der Waals surface area contributed by atoms with Crippen LogP contribution in [0.15, 0.2) is 42.5 Å². The molecule has 0 unspecified atom stereocenters. The van der Waals surface area contributed by atoms with Crippen molar-refractivity contribution >= 4 is 27.3 Å². The molecule has 33 heavy (non-hydrogen) atoms. The van der Waals surface area contributed by atoms with Crippen molar-refractivity contribution in [1.29, 1.82) is 0 Å². The van der Waals surface area contributed by atoms with Crippen molar-refractivity contribution in [3.8, 4) is 5.75 Å². The third-order valence-corrected chi connectivity index (χ3v) is 7.30. The highest BCUT2D eigenvalue weighted by Gasteiger charge is 2.20. The lowest BCUT2D eigenvalue weighted by atomic mass is 10.1. The molecule has 1 saturated heterocycles. The Balaban J connectivity index is 1.50. The SMILES string of the molecule is Cc1cccc(N(CCCC(=O)Nc2ccc(OC3CCN(C)CC3)cc2)S(C)(=O)=O)c1C. The standard InChI is InChI=1S/C25H35N3O4S/c1-19-7-5-8-24(20(19)2)28(33(4,30)31)16-6-9-25(29)26-21-10-12-22(13-11-21)32-23-14-17-27(3)18-15-23/h5,7-8,10-13,23H,6,9,14-18H2,1-4H3,(H,26,29). The molecular weight excluding hydrogens is 438 g/mol. The van der Waals surface area contributed by atoms with E-state index >= 15 is 0 Å². The Kier molecular flexibility index (Phi) is 8.37. The second kappa shape index (κ2) is 11.0. The summed E-state index contributed by atoms with van der Waals surface area (Å²) in [7, 11) is -1.33. The van der Waals surface area contributed by atoms with Crippen LogP contribution in [0, 0.1) is 13.8 Å². The Bertz CT molecular complexity index is 1050. The number of benzene rings is 2. The average Bonchev–Trinajstić information content (AvgIpc) is 2.76. The molecule has 0 atom stereocenters. The van der Waals surface area contributed by atoms with Gasteiger partial charge >= 0.3 is 0 Å². The summed E-state index contributed by atoms with van der Waals surface area (Å²) in [6.45, 7) is 6.20. The van der Waals surface area contributed by atoms with Crippen LogP contribution < -0.4 is 14.4 Å². The Morgan fingerprint density at radius 1 is 1.12 bits per heavy atom. The number of nitrogens with one attached hydrogen (secondary N) is 1. The van der Waals surface area contributed by atoms with E-state index in [1.165, 1.54) is 10.6 Å². The Morgan fingerprint density at radius 3 is 2.42 bits per heavy atom. The van der Waals surface area contributed by atoms with E-state index in [0.29, 0.717) is 17.8 Å². The third kappa shape index (κ3) is 7.20. The zero-order valence-electron chi connectivity index (χ0n) is 20.0. The number of carbonyl (C=O) groups excluding carboxylic acids is 1. The van der Waals surface area contributed by atoms with Gasteiger partial charge in [0.05, 0.1) is 11.9 Å². The van der Waals surface area contributed by atoms with Crippen LogP contribution in [0.4, 0.5) is 11.4 Å². The van der Waals surface area contributed by atoms with E-state index in [2.05, 4.69) is 17.3 Å². The van der Waals surface area contributed by atoms with Crippen LogP contribution in [0.2, 0.25) is 0 Å². The number of nitrogens with zero attached hydrogens (tertiary/aromatic N) is 2. The summed E-state index contributed by atoms with van der Waals surface area (Å²) >= 11 is 0. The van der Waals surface area contributed by atoms with Gasteiger partial charge in [0.2, 0.25) is 15.9 Å². The molecule has 0 radical (unpaired) electrons. The summed E-state index contributed by atoms with van der Waals surface area (Å²) in [5, 5.41) is 2.88. The van der Waals surface area contributed by atoms with Gasteiger partial charge in [-0.1, -0.05) is 12.1 Å². The fourth-order valence-electron chi connectivity index (χ4n) is 3.99. The topological polar surface area (TPSA) is 79.0 Å². The minimum absolute atomic E-state index is 0.145. The molecule has 2 aromatic rings. The van der Waals surface area contributed by atoms with Gasteiger partial charge in [-0.3, -0.25) is 9.10 Å². The van der Waals surface area contributed by atoms with Gasteiger partial charge in [-0.2, -0.15) is 0 Å². The van der Waals surface area contributed by atoms with Crippen molar-refractivity contribution in [3.05, 3.63) is 53.6 Å². The quantitative estimate of drug-likeness (QED) is 0.596. The number of rotatable bonds is 9. The molecule has 1 fully saturated rings. The van der Waals surface area contributed by atoms with Gasteiger partial charge in [0, 0.05) is 31.7 Å². The van der Waals surface area contributed by atoms with Crippen LogP contribution in [0.3, 0.4) is 0 Å². The van der Waals surface area contributed by atoms with Crippen LogP contribution >= 0.6 is 0 Å². The first-order chi connectivity index (χ1) is 15.6. The molecule has 8 heteroatoms. The van der Waals surface area contributed by atoms with E-state index in [1.807, 2.05) is 50.2 Å². The van der Waals surface area contributed by atoms with E-state index < -0.39 is 10.0 Å². The second-order valence-electron chi connectivity index (χ2n) is 8.85. The normalized spacial score (nSPS) is 15.3. The van der Waals surface area contributed by atoms with Crippen molar-refractivity contribution in [2.24, 2.45) is 0 Å². The zero-order valence-corrected chi connectivity index (χ0v) is 20.8. The van der Waals surface area contributed by atoms with Crippen molar-refractivity contribution in [1.82, 2.24) is 4.90 Å². The van der Waals surface area contributed by atoms with Gasteiger partial charge in [0.25, 0.3) is 0 Å². The Morgan fingerprint density at radius 2 is 1.79 bits per heavy atom. The van der Waals surface area contributed by atoms with Crippen LogP contribution in [0.1, 0.15) is 36.8 Å². The lowest BCUT2D eigenvalue weighted by Gasteiger charge is -2.29. The molecule has 0 bridgehead atoms. The minimum Gasteiger partial charge on any atom is -0.490 e. The second-order valence-corrected chi connectivity index (χ2v) is 10.8. The number of ether oxygens (including phenoxy) is 1. The molecule has 0 aromatic heterocycles. The van der Waals surface area contributed by atoms with Crippen LogP contribution in [0.5, 0.6) is 5.75 Å². The molecule has 1 heterocycles. The van der Waals surface area contributed by atoms with Crippen molar-refractivity contribution in [2.45, 2.75) is 45.6 Å². The molecule has 0 aliphatic carbocycles. The number of sulfonamides is 1. The Hall–Kier alpha value is -2.58. The molecular formula is C25H35N3O4S. The van der Waals surface area contributed by atoms with E-state index in [0.717, 1.165) is 42.8 Å². The predicted octanol–water partition coefficient (Wildman–Crippen LogP) is 3.96. The lowest BCUT2D eigenvalue weighted by molar-refractivity contribution is -0.116. The summed E-state index contributed by atoms with van der Waals surface area (Å²) in [5.41, 5.74) is 3.32. The first-order valence-electron chi connectivity index (χ1n) is 11.4. The summed E-state index contributed by atoms with van der Waals surface area (Å²) in [6, 6.07) is 13.0. The highest BCUT2D eigenvalue weighted by atomic mass is 32.2. The number of aryl methyl sites for hydroxylation is 1.